The van der Waals surface area contributed by atoms with Crippen molar-refractivity contribution in [1.29, 1.82) is 0 Å². The maximum atomic E-state index is 12.9. The largest absolute Gasteiger partial charge is 0.508 e. The zero-order chi connectivity index (χ0) is 25.7. The summed E-state index contributed by atoms with van der Waals surface area (Å²) in [6.07, 6.45) is 0. The molecular weight excluding hydrogens is 510 g/mol. The van der Waals surface area contributed by atoms with Gasteiger partial charge in [0.2, 0.25) is 0 Å². The summed E-state index contributed by atoms with van der Waals surface area (Å²) in [6.45, 7) is 0. The minimum Gasteiger partial charge on any atom is -0.508 e. The number of aromatic hydroxyl groups is 1. The predicted octanol–water partition coefficient (Wildman–Crippen LogP) is 4.51. The zero-order valence-corrected chi connectivity index (χ0v) is 20.4. The van der Waals surface area contributed by atoms with Gasteiger partial charge in [0.1, 0.15) is 23.0 Å². The Balaban J connectivity index is 0.00000294. The maximum absolute atomic E-state index is 12.9. The summed E-state index contributed by atoms with van der Waals surface area (Å²) in [5, 5.41) is 10.2. The monoisotopic (exact) mass is 529 g/mol. The summed E-state index contributed by atoms with van der Waals surface area (Å²) in [5.74, 6) is -0.157. The van der Waals surface area contributed by atoms with Crippen molar-refractivity contribution in [2.75, 3.05) is 0 Å². The van der Waals surface area contributed by atoms with Gasteiger partial charge in [0.15, 0.2) is 11.6 Å². The van der Waals surface area contributed by atoms with Crippen molar-refractivity contribution in [2.24, 2.45) is 16.5 Å². The first-order chi connectivity index (χ1) is 17.8. The van der Waals surface area contributed by atoms with E-state index in [1.807, 2.05) is 12.1 Å². The van der Waals surface area contributed by atoms with Crippen LogP contribution in [0.1, 0.15) is 37.4 Å². The summed E-state index contributed by atoms with van der Waals surface area (Å²) in [4.78, 5) is 29.6. The average Bonchev–Trinajstić information content (AvgIpc) is 3.16. The van der Waals surface area contributed by atoms with Gasteiger partial charge in [-0.1, -0.05) is 18.2 Å². The molecule has 38 heavy (non-hydrogen) atoms. The van der Waals surface area contributed by atoms with E-state index in [9.17, 15) is 14.7 Å². The van der Waals surface area contributed by atoms with Crippen LogP contribution in [0.3, 0.4) is 0 Å². The highest BCUT2D eigenvalue weighted by Crippen LogP contribution is 2.56. The topological polar surface area (TPSA) is 146 Å². The molecule has 0 saturated carbocycles. The Hall–Kier alpha value is -5.02. The normalized spacial score (nSPS) is 16.2. The van der Waals surface area contributed by atoms with Crippen molar-refractivity contribution in [3.63, 3.8) is 0 Å². The van der Waals surface area contributed by atoms with Gasteiger partial charge < -0.3 is 30.8 Å². The molecule has 4 aromatic carbocycles. The van der Waals surface area contributed by atoms with Gasteiger partial charge in [-0.3, -0.25) is 0 Å². The molecule has 2 aliphatic heterocycles. The average molecular weight is 530 g/mol. The molecule has 0 radical (unpaired) electrons. The molecule has 0 bridgehead atoms. The lowest BCUT2D eigenvalue weighted by atomic mass is 9.77. The molecular formula is C28H20ClN3O6. The van der Waals surface area contributed by atoms with E-state index in [-0.39, 0.29) is 29.9 Å². The van der Waals surface area contributed by atoms with Crippen LogP contribution in [-0.4, -0.2) is 23.0 Å². The van der Waals surface area contributed by atoms with E-state index in [2.05, 4.69) is 4.99 Å². The number of guanidine groups is 1. The molecule has 0 fully saturated rings. The summed E-state index contributed by atoms with van der Waals surface area (Å²) in [6, 6.07) is 22.8. The number of hydrogen-bond acceptors (Lipinski definition) is 7. The number of benzene rings is 4. The number of nitrogens with zero attached hydrogens (tertiary/aromatic N) is 1. The Labute approximate surface area is 222 Å². The minimum atomic E-state index is -1.33. The molecule has 0 amide bonds. The number of phenols is 1. The third-order valence-corrected chi connectivity index (χ3v) is 6.24. The van der Waals surface area contributed by atoms with Crippen molar-refractivity contribution in [1.82, 2.24) is 0 Å². The number of ether oxygens (including phenoxy) is 3. The van der Waals surface area contributed by atoms with Gasteiger partial charge in [-0.25, -0.2) is 14.6 Å². The van der Waals surface area contributed by atoms with Crippen LogP contribution in [0.4, 0.5) is 5.69 Å². The number of halogens is 1. The number of para-hydroxylation sites is 1. The SMILES string of the molecule is Cl.NC(N)=Nc1ccc(C(=O)Oc2ccc3c(c2)Oc2ccccc2C32OC(=O)c3ccc(O)cc32)cc1. The van der Waals surface area contributed by atoms with Crippen LogP contribution in [0.25, 0.3) is 0 Å². The highest BCUT2D eigenvalue weighted by Gasteiger charge is 2.53. The summed E-state index contributed by atoms with van der Waals surface area (Å²) in [5.41, 5.74) is 12.2. The lowest BCUT2D eigenvalue weighted by Crippen LogP contribution is -2.33. The van der Waals surface area contributed by atoms with Gasteiger partial charge >= 0.3 is 11.9 Å². The van der Waals surface area contributed by atoms with Crippen molar-refractivity contribution in [2.45, 2.75) is 5.60 Å². The van der Waals surface area contributed by atoms with E-state index in [0.717, 1.165) is 0 Å². The molecule has 4 aromatic rings. The van der Waals surface area contributed by atoms with Gasteiger partial charge in [0.05, 0.1) is 16.8 Å². The second-order valence-electron chi connectivity index (χ2n) is 8.53. The molecule has 0 saturated heterocycles. The molecule has 1 spiro atoms. The lowest BCUT2D eigenvalue weighted by molar-refractivity contribution is 0.0224. The van der Waals surface area contributed by atoms with Crippen molar-refractivity contribution in [3.05, 3.63) is 113 Å². The number of fused-ring (bicyclic) bond motifs is 6. The van der Waals surface area contributed by atoms with Crippen molar-refractivity contribution in [3.8, 4) is 23.0 Å². The molecule has 0 aromatic heterocycles. The number of nitrogens with two attached hydrogens (primary N) is 2. The lowest BCUT2D eigenvalue weighted by Gasteiger charge is -2.36. The van der Waals surface area contributed by atoms with Crippen LogP contribution in [-0.2, 0) is 10.3 Å². The van der Waals surface area contributed by atoms with E-state index < -0.39 is 17.5 Å². The third kappa shape index (κ3) is 3.86. The number of carbonyl (C=O) groups is 2. The molecule has 9 nitrogen and oxygen atoms in total. The number of aliphatic imine (C=N–C) groups is 1. The van der Waals surface area contributed by atoms with Gasteiger partial charge in [-0.15, -0.1) is 12.4 Å². The zero-order valence-electron chi connectivity index (χ0n) is 19.6. The van der Waals surface area contributed by atoms with E-state index in [1.165, 1.54) is 18.2 Å². The molecule has 5 N–H and O–H groups in total. The molecule has 6 rings (SSSR count). The molecule has 2 heterocycles. The van der Waals surface area contributed by atoms with Gasteiger partial charge in [0, 0.05) is 22.8 Å². The predicted molar refractivity (Wildman–Crippen MR) is 140 cm³/mol. The van der Waals surface area contributed by atoms with Crippen LogP contribution in [0.2, 0.25) is 0 Å². The van der Waals surface area contributed by atoms with E-state index >= 15 is 0 Å². The third-order valence-electron chi connectivity index (χ3n) is 6.24. The van der Waals surface area contributed by atoms with E-state index in [0.29, 0.717) is 45.0 Å². The fourth-order valence-corrected chi connectivity index (χ4v) is 4.69. The molecule has 0 aliphatic carbocycles. The standard InChI is InChI=1S/C28H19N3O6.ClH/c29-27(30)31-16-7-5-15(6-8-16)25(33)35-18-10-12-21-24(14-18)36-23-4-2-1-3-20(23)28(21)22-13-17(32)9-11-19(22)26(34)37-28;/h1-14,32H,(H4,29,30,31);1H. The smallest absolute Gasteiger partial charge is 0.343 e. The fraction of sp³-hybridized carbons (Fsp3) is 0.0357. The summed E-state index contributed by atoms with van der Waals surface area (Å²) < 4.78 is 17.8. The number of carbonyl (C=O) groups excluding carboxylic acids is 2. The number of hydrogen-bond donors (Lipinski definition) is 3. The molecule has 1 atom stereocenters. The fourth-order valence-electron chi connectivity index (χ4n) is 4.69. The minimum absolute atomic E-state index is 0. The first kappa shape index (κ1) is 24.7. The van der Waals surface area contributed by atoms with Gasteiger partial charge in [-0.05, 0) is 60.7 Å². The Morgan fingerprint density at radius 1 is 0.868 bits per heavy atom. The quantitative estimate of drug-likeness (QED) is 0.152. The molecule has 2 aliphatic rings. The van der Waals surface area contributed by atoms with Gasteiger partial charge in [-0.2, -0.15) is 0 Å². The highest BCUT2D eigenvalue weighted by atomic mass is 35.5. The number of phenolic OH excluding ortho intramolecular Hbond substituents is 1. The van der Waals surface area contributed by atoms with E-state index in [4.69, 9.17) is 25.7 Å². The van der Waals surface area contributed by atoms with Crippen LogP contribution < -0.4 is 20.9 Å². The summed E-state index contributed by atoms with van der Waals surface area (Å²) >= 11 is 0. The molecule has 190 valence electrons. The second-order valence-corrected chi connectivity index (χ2v) is 8.53. The summed E-state index contributed by atoms with van der Waals surface area (Å²) in [7, 11) is 0. The van der Waals surface area contributed by atoms with E-state index in [1.54, 1.807) is 54.6 Å². The Morgan fingerprint density at radius 2 is 1.61 bits per heavy atom. The Bertz CT molecular complexity index is 1630. The molecule has 1 unspecified atom stereocenters. The molecule has 10 heteroatoms. The number of esters is 2. The van der Waals surface area contributed by atoms with Crippen LogP contribution in [0.15, 0.2) is 89.9 Å². The first-order valence-corrected chi connectivity index (χ1v) is 11.3. The Kier molecular flexibility index (Phi) is 5.93. The highest BCUT2D eigenvalue weighted by molar-refractivity contribution is 5.97. The number of rotatable bonds is 3. The second kappa shape index (κ2) is 9.13. The van der Waals surface area contributed by atoms with Crippen LogP contribution in [0, 0.1) is 0 Å². The van der Waals surface area contributed by atoms with Crippen LogP contribution in [0.5, 0.6) is 23.0 Å². The maximum Gasteiger partial charge on any atom is 0.343 e. The Morgan fingerprint density at radius 3 is 2.37 bits per heavy atom. The van der Waals surface area contributed by atoms with Crippen molar-refractivity contribution < 1.29 is 28.9 Å². The van der Waals surface area contributed by atoms with Crippen LogP contribution >= 0.6 is 12.4 Å². The first-order valence-electron chi connectivity index (χ1n) is 11.3. The van der Waals surface area contributed by atoms with Crippen molar-refractivity contribution >= 4 is 36.0 Å². The van der Waals surface area contributed by atoms with Gasteiger partial charge in [0.25, 0.3) is 0 Å².